The fourth-order valence-electron chi connectivity index (χ4n) is 5.46. The average Bonchev–Trinajstić information content (AvgIpc) is 3.12. The van der Waals surface area contributed by atoms with Crippen LogP contribution in [0.4, 0.5) is 0 Å². The van der Waals surface area contributed by atoms with Gasteiger partial charge in [-0.05, 0) is 51.4 Å². The van der Waals surface area contributed by atoms with Gasteiger partial charge in [-0.15, -0.1) is 0 Å². The summed E-state index contributed by atoms with van der Waals surface area (Å²) in [4.78, 5) is 42.8. The molecule has 3 aromatic rings. The maximum absolute atomic E-state index is 13.3. The molecule has 0 bridgehead atoms. The summed E-state index contributed by atoms with van der Waals surface area (Å²) >= 11 is 0. The third kappa shape index (κ3) is 2.96. The van der Waals surface area contributed by atoms with Crippen LogP contribution in [0.2, 0.25) is 0 Å². The van der Waals surface area contributed by atoms with Crippen LogP contribution in [0.5, 0.6) is 0 Å². The topological polar surface area (TPSA) is 83.3 Å². The zero-order valence-corrected chi connectivity index (χ0v) is 18.9. The fourth-order valence-corrected chi connectivity index (χ4v) is 5.46. The first-order valence-corrected chi connectivity index (χ1v) is 10.6. The lowest BCUT2D eigenvalue weighted by atomic mass is 9.70. The average molecular weight is 414 g/mol. The third-order valence-electron chi connectivity index (χ3n) is 6.72. The molecule has 0 saturated heterocycles. The van der Waals surface area contributed by atoms with Gasteiger partial charge in [0, 0.05) is 25.0 Å². The largest absolute Gasteiger partial charge is 0.333 e. The highest BCUT2D eigenvalue weighted by atomic mass is 16.2. The van der Waals surface area contributed by atoms with Gasteiger partial charge in [-0.25, -0.2) is 9.36 Å². The van der Waals surface area contributed by atoms with Gasteiger partial charge in [0.15, 0.2) is 16.9 Å². The lowest BCUT2D eigenvalue weighted by Gasteiger charge is -2.39. The Kier molecular flexibility index (Phi) is 4.60. The van der Waals surface area contributed by atoms with Crippen LogP contribution in [-0.4, -0.2) is 28.9 Å². The number of ketones is 1. The summed E-state index contributed by atoms with van der Waals surface area (Å²) in [6.45, 7) is 11.9. The van der Waals surface area contributed by atoms with Crippen molar-refractivity contribution in [3.8, 4) is 0 Å². The van der Waals surface area contributed by atoms with Gasteiger partial charge in [-0.1, -0.05) is 20.8 Å². The predicted molar refractivity (Wildman–Crippen MR) is 116 cm³/mol. The van der Waals surface area contributed by atoms with E-state index in [0.29, 0.717) is 22.9 Å². The van der Waals surface area contributed by atoms with Crippen molar-refractivity contribution in [2.24, 2.45) is 18.4 Å². The lowest BCUT2D eigenvalue weighted by molar-refractivity contribution is -0.119. The van der Waals surface area contributed by atoms with Crippen molar-refractivity contribution in [2.45, 2.75) is 72.9 Å². The number of hydrogen-bond donors (Lipinski definition) is 0. The number of rotatable bonds is 3. The minimum Gasteiger partial charge on any atom is -0.311 e. The number of carbonyl (C=O) groups is 1. The smallest absolute Gasteiger partial charge is 0.311 e. The van der Waals surface area contributed by atoms with Gasteiger partial charge in [0.05, 0.1) is 6.04 Å². The summed E-state index contributed by atoms with van der Waals surface area (Å²) in [6.07, 6.45) is 5.21. The molecule has 0 spiro atoms. The molecule has 1 aliphatic carbocycles. The minimum atomic E-state index is -0.825. The number of Topliss-reactive ketones (excluding diaryl/α,β-unsaturated/α-hetero) is 1. The van der Waals surface area contributed by atoms with Crippen LogP contribution in [0.25, 0.3) is 16.9 Å². The molecule has 0 aliphatic heterocycles. The zero-order valence-electron chi connectivity index (χ0n) is 18.9. The van der Waals surface area contributed by atoms with E-state index in [1.165, 1.54) is 17.9 Å². The van der Waals surface area contributed by atoms with E-state index < -0.39 is 17.3 Å². The molecule has 0 amide bonds. The van der Waals surface area contributed by atoms with Crippen molar-refractivity contribution in [1.82, 2.24) is 23.1 Å². The highest BCUT2D eigenvalue weighted by molar-refractivity contribution is 5.80. The molecule has 162 valence electrons. The molecule has 0 unspecified atom stereocenters. The van der Waals surface area contributed by atoms with Crippen LogP contribution < -0.4 is 11.2 Å². The first kappa shape index (κ1) is 20.6. The van der Waals surface area contributed by atoms with E-state index in [0.717, 1.165) is 23.1 Å². The minimum absolute atomic E-state index is 0.235. The van der Waals surface area contributed by atoms with E-state index in [9.17, 15) is 14.4 Å². The first-order chi connectivity index (χ1) is 13.9. The van der Waals surface area contributed by atoms with Crippen molar-refractivity contribution in [2.75, 3.05) is 0 Å². The summed E-state index contributed by atoms with van der Waals surface area (Å²) in [5.74, 6) is 1.04. The van der Waals surface area contributed by atoms with Gasteiger partial charge in [0.2, 0.25) is 5.78 Å². The van der Waals surface area contributed by atoms with Gasteiger partial charge >= 0.3 is 5.69 Å². The van der Waals surface area contributed by atoms with Crippen LogP contribution in [0, 0.1) is 18.3 Å². The molecule has 30 heavy (non-hydrogen) atoms. The van der Waals surface area contributed by atoms with E-state index in [4.69, 9.17) is 4.98 Å². The molecule has 8 nitrogen and oxygen atoms in total. The van der Waals surface area contributed by atoms with Crippen molar-refractivity contribution in [1.29, 1.82) is 0 Å². The molecule has 4 rings (SSSR count). The second-order valence-electron chi connectivity index (χ2n) is 9.97. The van der Waals surface area contributed by atoms with Crippen molar-refractivity contribution in [3.63, 3.8) is 0 Å². The second-order valence-corrected chi connectivity index (χ2v) is 9.97. The maximum Gasteiger partial charge on any atom is 0.333 e. The van der Waals surface area contributed by atoms with Gasteiger partial charge < -0.3 is 4.57 Å². The van der Waals surface area contributed by atoms with E-state index in [2.05, 4.69) is 25.3 Å². The van der Waals surface area contributed by atoms with E-state index in [-0.39, 0.29) is 17.2 Å². The molecule has 3 atom stereocenters. The molecule has 8 heteroatoms. The summed E-state index contributed by atoms with van der Waals surface area (Å²) < 4.78 is 6.43. The lowest BCUT2D eigenvalue weighted by Crippen LogP contribution is -2.42. The maximum atomic E-state index is 13.3. The van der Waals surface area contributed by atoms with Crippen LogP contribution in [-0.2, 0) is 11.8 Å². The number of nitrogens with zero attached hydrogens (tertiary/aromatic N) is 5. The number of hydrogen-bond acceptors (Lipinski definition) is 4. The Morgan fingerprint density at radius 2 is 1.93 bits per heavy atom. The molecule has 3 heterocycles. The highest BCUT2D eigenvalue weighted by Gasteiger charge is 2.35. The molecular formula is C22H31N5O3. The Morgan fingerprint density at radius 3 is 2.53 bits per heavy atom. The van der Waals surface area contributed by atoms with Crippen LogP contribution >= 0.6 is 0 Å². The fraction of sp³-hybridized carbons (Fsp3) is 0.636. The van der Waals surface area contributed by atoms with E-state index >= 15 is 0 Å². The van der Waals surface area contributed by atoms with Crippen molar-refractivity contribution in [3.05, 3.63) is 32.7 Å². The van der Waals surface area contributed by atoms with Crippen LogP contribution in [0.1, 0.15) is 71.7 Å². The Hall–Kier alpha value is -2.64. The molecule has 0 aromatic carbocycles. The van der Waals surface area contributed by atoms with Crippen LogP contribution in [0.3, 0.4) is 0 Å². The quantitative estimate of drug-likeness (QED) is 0.661. The van der Waals surface area contributed by atoms with Crippen molar-refractivity contribution >= 4 is 22.7 Å². The molecule has 1 aliphatic rings. The van der Waals surface area contributed by atoms with Crippen molar-refractivity contribution < 1.29 is 4.79 Å². The molecule has 0 radical (unpaired) electrons. The third-order valence-corrected chi connectivity index (χ3v) is 6.72. The highest BCUT2D eigenvalue weighted by Crippen LogP contribution is 2.44. The summed E-state index contributed by atoms with van der Waals surface area (Å²) in [5.41, 5.74) is 0.964. The second kappa shape index (κ2) is 6.68. The number of aryl methyl sites for hydroxylation is 2. The molecule has 1 fully saturated rings. The summed E-state index contributed by atoms with van der Waals surface area (Å²) in [7, 11) is 1.60. The number of fused-ring (bicyclic) bond motifs is 3. The predicted octanol–water partition coefficient (Wildman–Crippen LogP) is 3.00. The SMILES string of the molecule is CC(=O)[C@H](C)n1c(=O)c2c(nc3n([C@@H]4C[C@H](C)CC(C)(C)C4)c(C)cn23)n(C)c1=O. The van der Waals surface area contributed by atoms with E-state index in [1.54, 1.807) is 18.4 Å². The first-order valence-electron chi connectivity index (χ1n) is 10.6. The Labute approximate surface area is 175 Å². The summed E-state index contributed by atoms with van der Waals surface area (Å²) in [5, 5.41) is 0. The number of imidazole rings is 2. The molecule has 3 aromatic heterocycles. The normalized spacial score (nSPS) is 22.6. The molecule has 0 N–H and O–H groups in total. The Morgan fingerprint density at radius 1 is 1.27 bits per heavy atom. The monoisotopic (exact) mass is 413 g/mol. The van der Waals surface area contributed by atoms with Crippen LogP contribution in [0.15, 0.2) is 15.8 Å². The van der Waals surface area contributed by atoms with Gasteiger partial charge in [-0.3, -0.25) is 18.6 Å². The summed E-state index contributed by atoms with van der Waals surface area (Å²) in [6, 6.07) is -0.539. The molecular weight excluding hydrogens is 382 g/mol. The van der Waals surface area contributed by atoms with Gasteiger partial charge in [0.1, 0.15) is 0 Å². The number of carbonyl (C=O) groups excluding carboxylic acids is 1. The van der Waals surface area contributed by atoms with Gasteiger partial charge in [0.25, 0.3) is 5.56 Å². The van der Waals surface area contributed by atoms with Gasteiger partial charge in [-0.2, -0.15) is 4.98 Å². The Bertz CT molecular complexity index is 1290. The Balaban J connectivity index is 2.02. The number of aromatic nitrogens is 5. The van der Waals surface area contributed by atoms with E-state index in [1.807, 2.05) is 13.1 Å². The molecule has 1 saturated carbocycles. The zero-order chi connectivity index (χ0) is 22.1. The standard InChI is InChI=1S/C22H31N5O3/c1-12-8-16(10-22(5,6)9-12)26-13(2)11-25-17-18(23-20(25)26)24(7)21(30)27(19(17)29)14(3)15(4)28/h11-12,14,16H,8-10H2,1-7H3/t12-,14-,16+/m0/s1.